The molecule has 15 heavy (non-hydrogen) atoms. The van der Waals surface area contributed by atoms with Crippen molar-refractivity contribution in [1.82, 2.24) is 20.2 Å². The quantitative estimate of drug-likeness (QED) is 0.728. The van der Waals surface area contributed by atoms with E-state index < -0.39 is 15.2 Å². The van der Waals surface area contributed by atoms with Gasteiger partial charge in [0.05, 0.1) is 5.69 Å². The van der Waals surface area contributed by atoms with Gasteiger partial charge in [0.1, 0.15) is 0 Å². The summed E-state index contributed by atoms with van der Waals surface area (Å²) in [5.74, 6) is 0. The average Bonchev–Trinajstić information content (AvgIpc) is 2.67. The van der Waals surface area contributed by atoms with Crippen LogP contribution in [-0.4, -0.2) is 28.6 Å². The third kappa shape index (κ3) is 2.00. The molecule has 7 nitrogen and oxygen atoms in total. The standard InChI is InChI=1S/C7H7N5O2S/c8-15(13,14)7-9-11-12(10-7)6-4-2-1-3-5-6/h1-5H,(H2,8,13,14). The summed E-state index contributed by atoms with van der Waals surface area (Å²) >= 11 is 0. The molecular formula is C7H7N5O2S. The van der Waals surface area contributed by atoms with Gasteiger partial charge in [0.25, 0.3) is 10.0 Å². The molecule has 2 rings (SSSR count). The van der Waals surface area contributed by atoms with Crippen LogP contribution in [0.3, 0.4) is 0 Å². The zero-order chi connectivity index (χ0) is 10.9. The molecule has 0 spiro atoms. The number of nitrogens with zero attached hydrogens (tertiary/aromatic N) is 4. The Balaban J connectivity index is 2.46. The van der Waals surface area contributed by atoms with Crippen LogP contribution < -0.4 is 5.14 Å². The highest BCUT2D eigenvalue weighted by Crippen LogP contribution is 2.03. The molecule has 0 atom stereocenters. The molecule has 0 bridgehead atoms. The highest BCUT2D eigenvalue weighted by Gasteiger charge is 2.15. The summed E-state index contributed by atoms with van der Waals surface area (Å²) in [7, 11) is -3.90. The zero-order valence-corrected chi connectivity index (χ0v) is 8.29. The van der Waals surface area contributed by atoms with Crippen molar-refractivity contribution in [1.29, 1.82) is 0 Å². The van der Waals surface area contributed by atoms with E-state index in [0.717, 1.165) is 4.80 Å². The van der Waals surface area contributed by atoms with Gasteiger partial charge in [-0.25, -0.2) is 13.6 Å². The van der Waals surface area contributed by atoms with Crippen molar-refractivity contribution >= 4 is 10.0 Å². The van der Waals surface area contributed by atoms with E-state index in [1.165, 1.54) is 0 Å². The van der Waals surface area contributed by atoms with E-state index in [1.807, 2.05) is 6.07 Å². The predicted octanol–water partition coefficient (Wildman–Crippen LogP) is -0.690. The fourth-order valence-electron chi connectivity index (χ4n) is 0.986. The molecule has 1 aromatic heterocycles. The molecule has 0 aliphatic carbocycles. The van der Waals surface area contributed by atoms with Crippen molar-refractivity contribution in [2.75, 3.05) is 0 Å². The van der Waals surface area contributed by atoms with Gasteiger partial charge in [-0.15, -0.1) is 9.90 Å². The summed E-state index contributed by atoms with van der Waals surface area (Å²) in [6.45, 7) is 0. The molecule has 0 amide bonds. The van der Waals surface area contributed by atoms with Gasteiger partial charge in [-0.3, -0.25) is 0 Å². The van der Waals surface area contributed by atoms with Gasteiger partial charge < -0.3 is 0 Å². The van der Waals surface area contributed by atoms with Crippen molar-refractivity contribution in [3.8, 4) is 5.69 Å². The van der Waals surface area contributed by atoms with E-state index >= 15 is 0 Å². The van der Waals surface area contributed by atoms with Crippen LogP contribution in [0.1, 0.15) is 0 Å². The van der Waals surface area contributed by atoms with Crippen LogP contribution in [0.5, 0.6) is 0 Å². The SMILES string of the molecule is NS(=O)(=O)c1nnn(-c2ccccc2)n1. The molecule has 78 valence electrons. The minimum absolute atomic E-state index is 0.494. The Hall–Kier alpha value is -1.80. The molecule has 2 N–H and O–H groups in total. The first-order valence-corrected chi connectivity index (χ1v) is 5.50. The Morgan fingerprint density at radius 1 is 1.20 bits per heavy atom. The van der Waals surface area contributed by atoms with Crippen molar-refractivity contribution in [2.24, 2.45) is 5.14 Å². The number of benzene rings is 1. The molecule has 0 aliphatic rings. The number of hydrogen-bond acceptors (Lipinski definition) is 5. The Morgan fingerprint density at radius 3 is 2.40 bits per heavy atom. The minimum Gasteiger partial charge on any atom is -0.222 e. The van der Waals surface area contributed by atoms with Gasteiger partial charge >= 0.3 is 5.16 Å². The number of sulfonamides is 1. The summed E-state index contributed by atoms with van der Waals surface area (Å²) < 4.78 is 21.8. The Bertz CT molecular complexity index is 562. The lowest BCUT2D eigenvalue weighted by Crippen LogP contribution is -2.14. The molecule has 1 heterocycles. The highest BCUT2D eigenvalue weighted by molar-refractivity contribution is 7.89. The summed E-state index contributed by atoms with van der Waals surface area (Å²) in [5.41, 5.74) is 0.611. The maximum Gasteiger partial charge on any atom is 0.303 e. The van der Waals surface area contributed by atoms with Crippen molar-refractivity contribution in [3.05, 3.63) is 30.3 Å². The third-order valence-corrected chi connectivity index (χ3v) is 2.31. The first kappa shape index (κ1) is 9.74. The predicted molar refractivity (Wildman–Crippen MR) is 50.5 cm³/mol. The third-order valence-electron chi connectivity index (χ3n) is 1.64. The van der Waals surface area contributed by atoms with E-state index in [-0.39, 0.29) is 0 Å². The van der Waals surface area contributed by atoms with Gasteiger partial charge in [0.15, 0.2) is 0 Å². The first-order valence-electron chi connectivity index (χ1n) is 3.95. The van der Waals surface area contributed by atoms with Crippen LogP contribution in [0.25, 0.3) is 5.69 Å². The number of para-hydroxylation sites is 1. The minimum atomic E-state index is -3.90. The lowest BCUT2D eigenvalue weighted by atomic mass is 10.3. The average molecular weight is 225 g/mol. The zero-order valence-electron chi connectivity index (χ0n) is 7.48. The van der Waals surface area contributed by atoms with E-state index in [9.17, 15) is 8.42 Å². The smallest absolute Gasteiger partial charge is 0.222 e. The fraction of sp³-hybridized carbons (Fsp3) is 0. The molecule has 8 heteroatoms. The van der Waals surface area contributed by atoms with Gasteiger partial charge in [0, 0.05) is 0 Å². The number of primary sulfonamides is 1. The topological polar surface area (TPSA) is 104 Å². The van der Waals surface area contributed by atoms with E-state index in [0.29, 0.717) is 5.69 Å². The number of tetrazole rings is 1. The summed E-state index contributed by atoms with van der Waals surface area (Å²) in [5, 5.41) is 14.9. The molecule has 0 unspecified atom stereocenters. The first-order chi connectivity index (χ1) is 7.07. The van der Waals surface area contributed by atoms with Gasteiger partial charge in [-0.05, 0) is 17.3 Å². The molecule has 0 aliphatic heterocycles. The summed E-state index contributed by atoms with van der Waals surface area (Å²) in [4.78, 5) is 1.10. The number of rotatable bonds is 2. The second-order valence-corrected chi connectivity index (χ2v) is 4.20. The van der Waals surface area contributed by atoms with Crippen LogP contribution >= 0.6 is 0 Å². The molecule has 0 radical (unpaired) electrons. The Labute approximate surface area is 85.6 Å². The van der Waals surface area contributed by atoms with E-state index in [2.05, 4.69) is 15.4 Å². The second-order valence-electron chi connectivity index (χ2n) is 2.74. The van der Waals surface area contributed by atoms with Crippen molar-refractivity contribution in [2.45, 2.75) is 5.16 Å². The molecule has 1 aromatic carbocycles. The maximum absolute atomic E-state index is 10.9. The van der Waals surface area contributed by atoms with Gasteiger partial charge in [-0.2, -0.15) is 0 Å². The summed E-state index contributed by atoms with van der Waals surface area (Å²) in [6.07, 6.45) is 0. The van der Waals surface area contributed by atoms with Crippen LogP contribution in [0.15, 0.2) is 35.5 Å². The van der Waals surface area contributed by atoms with Crippen molar-refractivity contribution < 1.29 is 8.42 Å². The Kier molecular flexibility index (Phi) is 2.21. The lowest BCUT2D eigenvalue weighted by Gasteiger charge is -1.94. The normalized spacial score (nSPS) is 11.5. The second kappa shape index (κ2) is 3.41. The molecular weight excluding hydrogens is 218 g/mol. The van der Waals surface area contributed by atoms with Gasteiger partial charge in [0.2, 0.25) is 0 Å². The largest absolute Gasteiger partial charge is 0.303 e. The monoisotopic (exact) mass is 225 g/mol. The number of hydrogen-bond donors (Lipinski definition) is 1. The van der Waals surface area contributed by atoms with Crippen LogP contribution in [-0.2, 0) is 10.0 Å². The lowest BCUT2D eigenvalue weighted by molar-refractivity contribution is 0.588. The molecule has 2 aromatic rings. The van der Waals surface area contributed by atoms with Crippen molar-refractivity contribution in [3.63, 3.8) is 0 Å². The number of nitrogens with two attached hydrogens (primary N) is 1. The van der Waals surface area contributed by atoms with E-state index in [1.54, 1.807) is 24.3 Å². The summed E-state index contributed by atoms with van der Waals surface area (Å²) in [6, 6.07) is 8.80. The Morgan fingerprint density at radius 2 is 1.87 bits per heavy atom. The number of aromatic nitrogens is 4. The fourth-order valence-corrected chi connectivity index (χ4v) is 1.33. The molecule has 0 fully saturated rings. The maximum atomic E-state index is 10.9. The highest BCUT2D eigenvalue weighted by atomic mass is 32.2. The molecule has 0 saturated heterocycles. The van der Waals surface area contributed by atoms with E-state index in [4.69, 9.17) is 5.14 Å². The van der Waals surface area contributed by atoms with Crippen LogP contribution in [0.4, 0.5) is 0 Å². The van der Waals surface area contributed by atoms with Crippen LogP contribution in [0, 0.1) is 0 Å². The van der Waals surface area contributed by atoms with Gasteiger partial charge in [-0.1, -0.05) is 23.3 Å². The molecule has 0 saturated carbocycles. The van der Waals surface area contributed by atoms with Crippen LogP contribution in [0.2, 0.25) is 0 Å².